The van der Waals surface area contributed by atoms with Crippen LogP contribution in [-0.4, -0.2) is 22.7 Å². The minimum Gasteiger partial charge on any atom is -0.355 e. The second-order valence-corrected chi connectivity index (χ2v) is 8.04. The number of hydrogen-bond donors (Lipinski definition) is 1. The summed E-state index contributed by atoms with van der Waals surface area (Å²) in [6.07, 6.45) is 0. The van der Waals surface area contributed by atoms with E-state index < -0.39 is 11.8 Å². The second-order valence-electron chi connectivity index (χ2n) is 7.61. The van der Waals surface area contributed by atoms with Crippen molar-refractivity contribution in [1.82, 2.24) is 4.90 Å². The van der Waals surface area contributed by atoms with E-state index >= 15 is 0 Å². The number of carbonyl (C=O) groups excluding carboxylic acids is 1. The Hall–Kier alpha value is -3.31. The van der Waals surface area contributed by atoms with Crippen LogP contribution in [0, 0.1) is 6.92 Å². The molecule has 2 aliphatic heterocycles. The van der Waals surface area contributed by atoms with E-state index in [0.717, 1.165) is 22.3 Å². The Morgan fingerprint density at radius 2 is 1.80 bits per heavy atom. The zero-order valence-electron chi connectivity index (χ0n) is 16.6. The highest BCUT2D eigenvalue weighted by molar-refractivity contribution is 6.30. The predicted octanol–water partition coefficient (Wildman–Crippen LogP) is 4.88. The van der Waals surface area contributed by atoms with Gasteiger partial charge in [0.05, 0.1) is 5.69 Å². The fourth-order valence-electron chi connectivity index (χ4n) is 4.15. The van der Waals surface area contributed by atoms with Crippen LogP contribution < -0.4 is 5.32 Å². The van der Waals surface area contributed by atoms with Gasteiger partial charge in [-0.3, -0.25) is 9.69 Å². The molecule has 5 nitrogen and oxygen atoms in total. The van der Waals surface area contributed by atoms with Crippen LogP contribution in [0.5, 0.6) is 0 Å². The van der Waals surface area contributed by atoms with E-state index in [1.165, 1.54) is 0 Å². The second kappa shape index (κ2) is 6.89. The molecule has 0 aliphatic carbocycles. The quantitative estimate of drug-likeness (QED) is 0.646. The topological polar surface area (TPSA) is 53.9 Å². The Morgan fingerprint density at radius 3 is 2.53 bits per heavy atom. The first kappa shape index (κ1) is 18.7. The minimum absolute atomic E-state index is 0.137. The lowest BCUT2D eigenvalue weighted by Gasteiger charge is -2.39. The van der Waals surface area contributed by atoms with E-state index in [2.05, 4.69) is 10.5 Å². The SMILES string of the molecule is Cc1ccc(C2=NO[C@@]3(c4ccccc4)c4cc(Cl)ccc4NC(=O)[C@H](C)N23)cc1. The Balaban J connectivity index is 1.80. The first-order valence-corrected chi connectivity index (χ1v) is 10.2. The molecule has 6 heteroatoms. The normalized spacial score (nSPS) is 22.4. The number of fused-ring (bicyclic) bond motifs is 3. The molecule has 0 bridgehead atoms. The van der Waals surface area contributed by atoms with Crippen LogP contribution in [-0.2, 0) is 15.4 Å². The number of rotatable bonds is 2. The first-order chi connectivity index (χ1) is 14.5. The van der Waals surface area contributed by atoms with Gasteiger partial charge in [0.1, 0.15) is 6.04 Å². The lowest BCUT2D eigenvalue weighted by Crippen LogP contribution is -2.53. The van der Waals surface area contributed by atoms with Gasteiger partial charge in [-0.05, 0) is 32.0 Å². The summed E-state index contributed by atoms with van der Waals surface area (Å²) in [7, 11) is 0. The maximum atomic E-state index is 13.1. The molecule has 2 heterocycles. The highest BCUT2D eigenvalue weighted by atomic mass is 35.5. The first-order valence-electron chi connectivity index (χ1n) is 9.79. The van der Waals surface area contributed by atoms with E-state index in [9.17, 15) is 4.79 Å². The van der Waals surface area contributed by atoms with Crippen molar-refractivity contribution < 1.29 is 9.63 Å². The van der Waals surface area contributed by atoms with Crippen molar-refractivity contribution in [2.75, 3.05) is 5.32 Å². The molecule has 30 heavy (non-hydrogen) atoms. The standard InChI is InChI=1S/C24H20ClN3O2/c1-15-8-10-17(11-9-15)22-27-30-24(18-6-4-3-5-7-18)20-14-19(25)12-13-21(20)26-23(29)16(2)28(22)24/h3-14,16H,1-2H3,(H,26,29)/t16-,24-/m0/s1. The fourth-order valence-corrected chi connectivity index (χ4v) is 4.32. The van der Waals surface area contributed by atoms with Gasteiger partial charge in [0, 0.05) is 21.7 Å². The summed E-state index contributed by atoms with van der Waals surface area (Å²) < 4.78 is 0. The average molecular weight is 418 g/mol. The summed E-state index contributed by atoms with van der Waals surface area (Å²) >= 11 is 6.39. The summed E-state index contributed by atoms with van der Waals surface area (Å²) in [6, 6.07) is 22.7. The van der Waals surface area contributed by atoms with Crippen LogP contribution in [0.25, 0.3) is 0 Å². The molecule has 3 aromatic carbocycles. The number of amidine groups is 1. The van der Waals surface area contributed by atoms with Crippen LogP contribution >= 0.6 is 11.6 Å². The van der Waals surface area contributed by atoms with Crippen molar-refractivity contribution >= 4 is 29.0 Å². The van der Waals surface area contributed by atoms with Crippen molar-refractivity contribution in [1.29, 1.82) is 0 Å². The van der Waals surface area contributed by atoms with Gasteiger partial charge in [-0.25, -0.2) is 0 Å². The summed E-state index contributed by atoms with van der Waals surface area (Å²) in [6.45, 7) is 3.89. The predicted molar refractivity (Wildman–Crippen MR) is 117 cm³/mol. The van der Waals surface area contributed by atoms with Gasteiger partial charge in [0.15, 0.2) is 5.84 Å². The summed E-state index contributed by atoms with van der Waals surface area (Å²) in [5.74, 6) is 0.469. The van der Waals surface area contributed by atoms with E-state index in [0.29, 0.717) is 16.5 Å². The van der Waals surface area contributed by atoms with E-state index in [1.54, 1.807) is 6.07 Å². The van der Waals surface area contributed by atoms with Crippen LogP contribution in [0.1, 0.15) is 29.2 Å². The molecular weight excluding hydrogens is 398 g/mol. The highest BCUT2D eigenvalue weighted by Gasteiger charge is 2.55. The van der Waals surface area contributed by atoms with Gasteiger partial charge >= 0.3 is 0 Å². The number of nitrogens with zero attached hydrogens (tertiary/aromatic N) is 2. The largest absolute Gasteiger partial charge is 0.355 e. The monoisotopic (exact) mass is 417 g/mol. The van der Waals surface area contributed by atoms with Gasteiger partial charge < -0.3 is 10.2 Å². The molecule has 3 aromatic rings. The lowest BCUT2D eigenvalue weighted by atomic mass is 9.90. The molecule has 150 valence electrons. The van der Waals surface area contributed by atoms with E-state index in [4.69, 9.17) is 16.4 Å². The number of nitrogens with one attached hydrogen (secondary N) is 1. The Kier molecular flexibility index (Phi) is 4.29. The van der Waals surface area contributed by atoms with Crippen molar-refractivity contribution in [3.05, 3.63) is 100 Å². The van der Waals surface area contributed by atoms with Crippen LogP contribution in [0.15, 0.2) is 78.0 Å². The summed E-state index contributed by atoms with van der Waals surface area (Å²) in [5, 5.41) is 8.09. The molecule has 1 amide bonds. The molecule has 0 spiro atoms. The van der Waals surface area contributed by atoms with Crippen molar-refractivity contribution in [3.63, 3.8) is 0 Å². The Morgan fingerprint density at radius 1 is 1.07 bits per heavy atom. The number of aryl methyl sites for hydroxylation is 1. The molecule has 0 aromatic heterocycles. The van der Waals surface area contributed by atoms with E-state index in [-0.39, 0.29) is 5.91 Å². The molecule has 0 saturated carbocycles. The van der Waals surface area contributed by atoms with Crippen molar-refractivity contribution in [2.45, 2.75) is 25.6 Å². The van der Waals surface area contributed by atoms with Crippen LogP contribution in [0.2, 0.25) is 5.02 Å². The molecule has 2 atom stereocenters. The van der Waals surface area contributed by atoms with Gasteiger partial charge in [-0.15, -0.1) is 0 Å². The maximum absolute atomic E-state index is 13.1. The molecule has 5 rings (SSSR count). The lowest BCUT2D eigenvalue weighted by molar-refractivity contribution is -0.127. The van der Waals surface area contributed by atoms with Crippen LogP contribution in [0.3, 0.4) is 0 Å². The number of carbonyl (C=O) groups is 1. The zero-order valence-corrected chi connectivity index (χ0v) is 17.4. The third-order valence-corrected chi connectivity index (χ3v) is 5.91. The third kappa shape index (κ3) is 2.70. The Bertz CT molecular complexity index is 1160. The van der Waals surface area contributed by atoms with Crippen LogP contribution in [0.4, 0.5) is 5.69 Å². The van der Waals surface area contributed by atoms with E-state index in [1.807, 2.05) is 85.5 Å². The number of oxime groups is 1. The molecule has 2 aliphatic rings. The third-order valence-electron chi connectivity index (χ3n) is 5.68. The maximum Gasteiger partial charge on any atom is 0.265 e. The number of anilines is 1. The van der Waals surface area contributed by atoms with Gasteiger partial charge in [0.2, 0.25) is 5.91 Å². The molecule has 1 N–H and O–H groups in total. The van der Waals surface area contributed by atoms with Gasteiger partial charge in [-0.2, -0.15) is 0 Å². The minimum atomic E-state index is -1.12. The van der Waals surface area contributed by atoms with Gasteiger partial charge in [-0.1, -0.05) is 76.9 Å². The smallest absolute Gasteiger partial charge is 0.265 e. The number of benzene rings is 3. The van der Waals surface area contributed by atoms with Crippen molar-refractivity contribution in [3.8, 4) is 0 Å². The molecule has 0 radical (unpaired) electrons. The molecule has 0 saturated heterocycles. The molecular formula is C24H20ClN3O2. The average Bonchev–Trinajstić information content (AvgIpc) is 3.13. The van der Waals surface area contributed by atoms with Gasteiger partial charge in [0.25, 0.3) is 5.72 Å². The number of hydrogen-bond acceptors (Lipinski definition) is 4. The highest BCUT2D eigenvalue weighted by Crippen LogP contribution is 2.48. The number of amides is 1. The summed E-state index contributed by atoms with van der Waals surface area (Å²) in [4.78, 5) is 21.3. The van der Waals surface area contributed by atoms with Crippen molar-refractivity contribution in [2.24, 2.45) is 5.16 Å². The summed E-state index contributed by atoms with van der Waals surface area (Å²) in [5.41, 5.74) is 3.16. The molecule has 0 fully saturated rings. The number of halogens is 1. The Labute approximate surface area is 179 Å². The zero-order chi connectivity index (χ0) is 20.9. The molecule has 0 unspecified atom stereocenters. The fraction of sp³-hybridized carbons (Fsp3) is 0.167.